The Kier molecular flexibility index (Phi) is 5.73. The fourth-order valence-electron chi connectivity index (χ4n) is 3.08. The molecule has 0 spiro atoms. The smallest absolute Gasteiger partial charge is 0.255 e. The van der Waals surface area contributed by atoms with Gasteiger partial charge in [0.15, 0.2) is 0 Å². The lowest BCUT2D eigenvalue weighted by molar-refractivity contribution is -0.124. The first kappa shape index (κ1) is 17.2. The average Bonchev–Trinajstić information content (AvgIpc) is 3.26. The molecule has 7 heteroatoms. The number of hydrogen-bond acceptors (Lipinski definition) is 4. The number of likely N-dealkylation sites (tertiary alicyclic amines) is 1. The van der Waals surface area contributed by atoms with E-state index in [1.807, 2.05) is 0 Å². The third-order valence-electron chi connectivity index (χ3n) is 4.46. The second kappa shape index (κ2) is 7.98. The summed E-state index contributed by atoms with van der Waals surface area (Å²) in [7, 11) is 0. The van der Waals surface area contributed by atoms with Crippen LogP contribution in [0.4, 0.5) is 4.39 Å². The molecule has 3 rings (SSSR count). The molecule has 2 aliphatic rings. The standard InChI is InChI=1S/C17H22FN3O2S/c18-14-5-3-13(4-6-14)17(23)21-12-24-11-15(21)16(22)19-7-10-20-8-1-2-9-20/h3-6,15H,1-2,7-12H2,(H,19,22). The van der Waals surface area contributed by atoms with Crippen LogP contribution in [0.15, 0.2) is 24.3 Å². The molecule has 0 saturated carbocycles. The first-order valence-electron chi connectivity index (χ1n) is 8.29. The van der Waals surface area contributed by atoms with E-state index in [4.69, 9.17) is 0 Å². The fraction of sp³-hybridized carbons (Fsp3) is 0.529. The Morgan fingerprint density at radius 1 is 1.21 bits per heavy atom. The number of benzene rings is 1. The van der Waals surface area contributed by atoms with Crippen molar-refractivity contribution in [3.8, 4) is 0 Å². The van der Waals surface area contributed by atoms with Gasteiger partial charge in [0, 0.05) is 24.4 Å². The summed E-state index contributed by atoms with van der Waals surface area (Å²) in [4.78, 5) is 28.9. The summed E-state index contributed by atoms with van der Waals surface area (Å²) in [5.74, 6) is 0.385. The molecule has 0 aliphatic carbocycles. The zero-order chi connectivity index (χ0) is 16.9. The zero-order valence-corrected chi connectivity index (χ0v) is 14.4. The molecule has 2 heterocycles. The number of thioether (sulfide) groups is 1. The molecule has 0 aromatic heterocycles. The highest BCUT2D eigenvalue weighted by atomic mass is 32.2. The second-order valence-corrected chi connectivity index (χ2v) is 7.14. The van der Waals surface area contributed by atoms with Gasteiger partial charge in [-0.1, -0.05) is 0 Å². The number of halogens is 1. The Hall–Kier alpha value is -1.60. The normalized spacial score (nSPS) is 21.2. The van der Waals surface area contributed by atoms with Crippen molar-refractivity contribution in [2.45, 2.75) is 18.9 Å². The van der Waals surface area contributed by atoms with E-state index in [2.05, 4.69) is 10.2 Å². The molecule has 130 valence electrons. The minimum Gasteiger partial charge on any atom is -0.353 e. The van der Waals surface area contributed by atoms with Crippen LogP contribution in [0.1, 0.15) is 23.2 Å². The van der Waals surface area contributed by atoms with Crippen LogP contribution in [0, 0.1) is 5.82 Å². The van der Waals surface area contributed by atoms with Gasteiger partial charge in [0.1, 0.15) is 11.9 Å². The van der Waals surface area contributed by atoms with Crippen molar-refractivity contribution in [2.24, 2.45) is 0 Å². The Balaban J connectivity index is 1.54. The molecule has 1 aromatic carbocycles. The molecular weight excluding hydrogens is 329 g/mol. The number of hydrogen-bond donors (Lipinski definition) is 1. The Labute approximate surface area is 145 Å². The highest BCUT2D eigenvalue weighted by molar-refractivity contribution is 7.99. The number of amides is 2. The van der Waals surface area contributed by atoms with E-state index in [9.17, 15) is 14.0 Å². The predicted octanol–water partition coefficient (Wildman–Crippen LogP) is 1.55. The molecule has 2 fully saturated rings. The van der Waals surface area contributed by atoms with Crippen molar-refractivity contribution in [3.63, 3.8) is 0 Å². The van der Waals surface area contributed by atoms with Crippen LogP contribution in [0.5, 0.6) is 0 Å². The fourth-order valence-corrected chi connectivity index (χ4v) is 4.23. The summed E-state index contributed by atoms with van der Waals surface area (Å²) in [6, 6.07) is 5.00. The molecule has 1 unspecified atom stereocenters. The summed E-state index contributed by atoms with van der Waals surface area (Å²) < 4.78 is 13.0. The van der Waals surface area contributed by atoms with E-state index in [1.54, 1.807) is 16.7 Å². The van der Waals surface area contributed by atoms with Crippen LogP contribution in [-0.2, 0) is 4.79 Å². The topological polar surface area (TPSA) is 52.7 Å². The second-order valence-electron chi connectivity index (χ2n) is 6.14. The van der Waals surface area contributed by atoms with Crippen LogP contribution >= 0.6 is 11.8 Å². The zero-order valence-electron chi connectivity index (χ0n) is 13.5. The van der Waals surface area contributed by atoms with Crippen molar-refractivity contribution in [2.75, 3.05) is 37.8 Å². The lowest BCUT2D eigenvalue weighted by atomic mass is 10.1. The molecular formula is C17H22FN3O2S. The molecule has 0 radical (unpaired) electrons. The van der Waals surface area contributed by atoms with Crippen LogP contribution < -0.4 is 5.32 Å². The minimum atomic E-state index is -0.453. The Morgan fingerprint density at radius 2 is 1.92 bits per heavy atom. The van der Waals surface area contributed by atoms with Crippen LogP contribution in [0.3, 0.4) is 0 Å². The molecule has 1 N–H and O–H groups in total. The van der Waals surface area contributed by atoms with Crippen molar-refractivity contribution in [1.82, 2.24) is 15.1 Å². The number of nitrogens with one attached hydrogen (secondary N) is 1. The van der Waals surface area contributed by atoms with Crippen molar-refractivity contribution >= 4 is 23.6 Å². The van der Waals surface area contributed by atoms with E-state index in [0.717, 1.165) is 19.6 Å². The first-order chi connectivity index (χ1) is 11.6. The van der Waals surface area contributed by atoms with Gasteiger partial charge >= 0.3 is 0 Å². The molecule has 24 heavy (non-hydrogen) atoms. The van der Waals surface area contributed by atoms with Gasteiger partial charge in [-0.25, -0.2) is 4.39 Å². The summed E-state index contributed by atoms with van der Waals surface area (Å²) in [5.41, 5.74) is 0.411. The molecule has 2 amide bonds. The third kappa shape index (κ3) is 4.08. The number of carbonyl (C=O) groups is 2. The predicted molar refractivity (Wildman–Crippen MR) is 92.4 cm³/mol. The molecule has 1 aromatic rings. The van der Waals surface area contributed by atoms with Gasteiger partial charge in [0.05, 0.1) is 5.88 Å². The maximum Gasteiger partial charge on any atom is 0.255 e. The number of rotatable bonds is 5. The van der Waals surface area contributed by atoms with Gasteiger partial charge in [-0.15, -0.1) is 11.8 Å². The van der Waals surface area contributed by atoms with Crippen LogP contribution in [0.25, 0.3) is 0 Å². The third-order valence-corrected chi connectivity index (χ3v) is 5.48. The van der Waals surface area contributed by atoms with Crippen LogP contribution in [0.2, 0.25) is 0 Å². The molecule has 2 saturated heterocycles. The monoisotopic (exact) mass is 351 g/mol. The van der Waals surface area contributed by atoms with Crippen LogP contribution in [-0.4, -0.2) is 65.5 Å². The minimum absolute atomic E-state index is 0.102. The van der Waals surface area contributed by atoms with Gasteiger partial charge < -0.3 is 15.1 Å². The lowest BCUT2D eigenvalue weighted by Gasteiger charge is -2.23. The summed E-state index contributed by atoms with van der Waals surface area (Å²) in [6.45, 7) is 3.67. The quantitative estimate of drug-likeness (QED) is 0.875. The van der Waals surface area contributed by atoms with E-state index < -0.39 is 6.04 Å². The molecule has 2 aliphatic heterocycles. The molecule has 1 atom stereocenters. The van der Waals surface area contributed by atoms with Gasteiger partial charge in [-0.2, -0.15) is 0 Å². The maximum atomic E-state index is 13.0. The molecule has 5 nitrogen and oxygen atoms in total. The van der Waals surface area contributed by atoms with Crippen molar-refractivity contribution < 1.29 is 14.0 Å². The lowest BCUT2D eigenvalue weighted by Crippen LogP contribution is -2.48. The largest absolute Gasteiger partial charge is 0.353 e. The van der Waals surface area contributed by atoms with E-state index in [-0.39, 0.29) is 17.6 Å². The van der Waals surface area contributed by atoms with Gasteiger partial charge in [0.25, 0.3) is 5.91 Å². The maximum absolute atomic E-state index is 13.0. The van der Waals surface area contributed by atoms with Crippen molar-refractivity contribution in [3.05, 3.63) is 35.6 Å². The van der Waals surface area contributed by atoms with E-state index in [0.29, 0.717) is 23.7 Å². The number of carbonyl (C=O) groups excluding carboxylic acids is 2. The van der Waals surface area contributed by atoms with E-state index >= 15 is 0 Å². The first-order valence-corrected chi connectivity index (χ1v) is 9.45. The van der Waals surface area contributed by atoms with Gasteiger partial charge in [0.2, 0.25) is 5.91 Å². The summed E-state index contributed by atoms with van der Waals surface area (Å²) in [6.07, 6.45) is 2.46. The SMILES string of the molecule is O=C(NCCN1CCCC1)C1CSCN1C(=O)c1ccc(F)cc1. The molecule has 0 bridgehead atoms. The van der Waals surface area contributed by atoms with Gasteiger partial charge in [-0.05, 0) is 50.2 Å². The highest BCUT2D eigenvalue weighted by Crippen LogP contribution is 2.23. The summed E-state index contributed by atoms with van der Waals surface area (Å²) in [5, 5.41) is 2.95. The Morgan fingerprint density at radius 3 is 2.62 bits per heavy atom. The van der Waals surface area contributed by atoms with Gasteiger partial charge in [-0.3, -0.25) is 9.59 Å². The number of nitrogens with zero attached hydrogens (tertiary/aromatic N) is 2. The average molecular weight is 351 g/mol. The summed E-state index contributed by atoms with van der Waals surface area (Å²) >= 11 is 1.56. The Bertz CT molecular complexity index is 590. The highest BCUT2D eigenvalue weighted by Gasteiger charge is 2.35. The van der Waals surface area contributed by atoms with Crippen molar-refractivity contribution in [1.29, 1.82) is 0 Å². The van der Waals surface area contributed by atoms with E-state index in [1.165, 1.54) is 37.1 Å².